The van der Waals surface area contributed by atoms with E-state index < -0.39 is 23.4 Å². The van der Waals surface area contributed by atoms with Gasteiger partial charge in [0, 0.05) is 30.9 Å². The van der Waals surface area contributed by atoms with Crippen LogP contribution in [0.1, 0.15) is 26.0 Å². The maximum Gasteiger partial charge on any atom is 0.433 e. The summed E-state index contributed by atoms with van der Waals surface area (Å²) < 4.78 is 53.7. The Labute approximate surface area is 195 Å². The van der Waals surface area contributed by atoms with Crippen molar-refractivity contribution >= 4 is 17.6 Å². The minimum absolute atomic E-state index is 0.110. The Bertz CT molecular complexity index is 1010. The molecule has 11 heteroatoms. The second-order valence-corrected chi connectivity index (χ2v) is 8.27. The van der Waals surface area contributed by atoms with Crippen LogP contribution in [0.4, 0.5) is 18.9 Å². The van der Waals surface area contributed by atoms with E-state index in [0.29, 0.717) is 25.3 Å². The van der Waals surface area contributed by atoms with Crippen LogP contribution in [0.25, 0.3) is 0 Å². The average Bonchev–Trinajstić information content (AvgIpc) is 3.25. The van der Waals surface area contributed by atoms with Gasteiger partial charge < -0.3 is 24.4 Å². The van der Waals surface area contributed by atoms with E-state index in [-0.39, 0.29) is 24.3 Å². The van der Waals surface area contributed by atoms with Crippen LogP contribution < -0.4 is 15.0 Å². The molecule has 2 aromatic rings. The van der Waals surface area contributed by atoms with Gasteiger partial charge in [-0.1, -0.05) is 6.07 Å². The van der Waals surface area contributed by atoms with Crippen molar-refractivity contribution in [3.63, 3.8) is 0 Å². The molecule has 3 rings (SSSR count). The molecular weight excluding hydrogens is 455 g/mol. The van der Waals surface area contributed by atoms with Gasteiger partial charge in [0.25, 0.3) is 0 Å². The van der Waals surface area contributed by atoms with Crippen molar-refractivity contribution in [2.75, 3.05) is 31.7 Å². The van der Waals surface area contributed by atoms with Gasteiger partial charge in [0.2, 0.25) is 5.91 Å². The van der Waals surface area contributed by atoms with Gasteiger partial charge in [-0.05, 0) is 44.5 Å². The Morgan fingerprint density at radius 2 is 1.94 bits per heavy atom. The molecule has 2 heterocycles. The topological polar surface area (TPSA) is 90.0 Å². The number of rotatable bonds is 8. The SMILES string of the molecule is COC(=O)C(C)(C)OCC(=O)NC1CCN(c2cccc(Oc3ccc(C(F)(F)F)nc3)c2)C1. The second-order valence-electron chi connectivity index (χ2n) is 8.27. The van der Waals surface area contributed by atoms with Crippen molar-refractivity contribution in [1.29, 1.82) is 0 Å². The first kappa shape index (κ1) is 25.3. The Morgan fingerprint density at radius 1 is 1.18 bits per heavy atom. The highest BCUT2D eigenvalue weighted by Crippen LogP contribution is 2.31. The quantitative estimate of drug-likeness (QED) is 0.577. The first-order valence-corrected chi connectivity index (χ1v) is 10.6. The van der Waals surface area contributed by atoms with Gasteiger partial charge in [0.1, 0.15) is 23.8 Å². The second kappa shape index (κ2) is 10.3. The Kier molecular flexibility index (Phi) is 7.65. The van der Waals surface area contributed by atoms with Gasteiger partial charge in [-0.3, -0.25) is 4.79 Å². The lowest BCUT2D eigenvalue weighted by molar-refractivity contribution is -0.166. The third kappa shape index (κ3) is 6.60. The number of hydrogen-bond donors (Lipinski definition) is 1. The minimum atomic E-state index is -4.51. The molecule has 0 spiro atoms. The highest BCUT2D eigenvalue weighted by atomic mass is 19.4. The Balaban J connectivity index is 1.53. The van der Waals surface area contributed by atoms with Gasteiger partial charge in [0.05, 0.1) is 13.3 Å². The van der Waals surface area contributed by atoms with Crippen molar-refractivity contribution in [1.82, 2.24) is 10.3 Å². The number of esters is 1. The van der Waals surface area contributed by atoms with Crippen molar-refractivity contribution in [2.24, 2.45) is 0 Å². The van der Waals surface area contributed by atoms with Crippen LogP contribution in [0.2, 0.25) is 0 Å². The number of nitrogens with one attached hydrogen (secondary N) is 1. The summed E-state index contributed by atoms with van der Waals surface area (Å²) in [5.41, 5.74) is -1.37. The Morgan fingerprint density at radius 3 is 2.59 bits per heavy atom. The standard InChI is InChI=1S/C23H26F3N3O5/c1-22(2,21(31)32-3)33-14-20(30)28-15-9-10-29(13-15)16-5-4-6-17(11-16)34-18-7-8-19(27-12-18)23(24,25)26/h4-8,11-12,15H,9-10,13-14H2,1-3H3,(H,28,30). The molecule has 34 heavy (non-hydrogen) atoms. The maximum atomic E-state index is 12.7. The van der Waals surface area contributed by atoms with Crippen LogP contribution in [0.15, 0.2) is 42.6 Å². The molecular formula is C23H26F3N3O5. The number of carbonyl (C=O) groups is 2. The summed E-state index contributed by atoms with van der Waals surface area (Å²) in [6.07, 6.45) is -2.77. The summed E-state index contributed by atoms with van der Waals surface area (Å²) in [4.78, 5) is 29.3. The molecule has 1 unspecified atom stereocenters. The summed E-state index contributed by atoms with van der Waals surface area (Å²) in [5.74, 6) is -0.270. The zero-order chi connectivity index (χ0) is 24.9. The molecule has 0 saturated carbocycles. The van der Waals surface area contributed by atoms with Crippen molar-refractivity contribution in [2.45, 2.75) is 38.1 Å². The first-order chi connectivity index (χ1) is 16.0. The summed E-state index contributed by atoms with van der Waals surface area (Å²) in [6, 6.07) is 9.08. The van der Waals surface area contributed by atoms with Crippen LogP contribution in [0.3, 0.4) is 0 Å². The van der Waals surface area contributed by atoms with Crippen molar-refractivity contribution < 1.29 is 37.0 Å². The summed E-state index contributed by atoms with van der Waals surface area (Å²) in [5, 5.41) is 2.89. The van der Waals surface area contributed by atoms with Gasteiger partial charge in [-0.2, -0.15) is 13.2 Å². The zero-order valence-electron chi connectivity index (χ0n) is 19.0. The lowest BCUT2D eigenvalue weighted by Gasteiger charge is -2.23. The minimum Gasteiger partial charge on any atom is -0.467 e. The van der Waals surface area contributed by atoms with E-state index in [1.54, 1.807) is 18.2 Å². The van der Waals surface area contributed by atoms with Gasteiger partial charge in [0.15, 0.2) is 5.60 Å². The number of halogens is 3. The van der Waals surface area contributed by atoms with Crippen molar-refractivity contribution in [3.8, 4) is 11.5 Å². The average molecular weight is 481 g/mol. The first-order valence-electron chi connectivity index (χ1n) is 10.6. The molecule has 0 aliphatic carbocycles. The Hall–Kier alpha value is -3.34. The normalized spacial score (nSPS) is 16.3. The smallest absolute Gasteiger partial charge is 0.433 e. The number of aromatic nitrogens is 1. The number of methoxy groups -OCH3 is 1. The maximum absolute atomic E-state index is 12.7. The summed E-state index contributed by atoms with van der Waals surface area (Å²) in [6.45, 7) is 4.02. The van der Waals surface area contributed by atoms with Crippen LogP contribution in [0.5, 0.6) is 11.5 Å². The predicted molar refractivity (Wildman–Crippen MR) is 117 cm³/mol. The van der Waals surface area contributed by atoms with Crippen LogP contribution >= 0.6 is 0 Å². The number of hydrogen-bond acceptors (Lipinski definition) is 7. The predicted octanol–water partition coefficient (Wildman–Crippen LogP) is 3.56. The number of pyridine rings is 1. The molecule has 0 bridgehead atoms. The zero-order valence-corrected chi connectivity index (χ0v) is 19.0. The van der Waals surface area contributed by atoms with E-state index in [4.69, 9.17) is 9.47 Å². The van der Waals surface area contributed by atoms with Crippen LogP contribution in [0, 0.1) is 0 Å². The van der Waals surface area contributed by atoms with Gasteiger partial charge in [-0.15, -0.1) is 0 Å². The highest BCUT2D eigenvalue weighted by molar-refractivity contribution is 5.81. The van der Waals surface area contributed by atoms with Crippen LogP contribution in [-0.2, 0) is 25.2 Å². The lowest BCUT2D eigenvalue weighted by Crippen LogP contribution is -2.43. The molecule has 184 valence electrons. The van der Waals surface area contributed by atoms with E-state index in [9.17, 15) is 22.8 Å². The summed E-state index contributed by atoms with van der Waals surface area (Å²) >= 11 is 0. The number of ether oxygens (including phenoxy) is 3. The molecule has 8 nitrogen and oxygen atoms in total. The number of amides is 1. The lowest BCUT2D eigenvalue weighted by atomic mass is 10.1. The molecule has 1 saturated heterocycles. The molecule has 1 fully saturated rings. The van der Waals surface area contributed by atoms with E-state index in [1.165, 1.54) is 27.0 Å². The fourth-order valence-electron chi connectivity index (χ4n) is 3.42. The fraction of sp³-hybridized carbons (Fsp3) is 0.435. The van der Waals surface area contributed by atoms with E-state index in [0.717, 1.165) is 18.0 Å². The summed E-state index contributed by atoms with van der Waals surface area (Å²) in [7, 11) is 1.25. The number of alkyl halides is 3. The molecule has 1 aromatic heterocycles. The fourth-order valence-corrected chi connectivity index (χ4v) is 3.42. The molecule has 1 N–H and O–H groups in total. The van der Waals surface area contributed by atoms with E-state index in [1.807, 2.05) is 6.07 Å². The largest absolute Gasteiger partial charge is 0.467 e. The molecule has 1 atom stereocenters. The van der Waals surface area contributed by atoms with E-state index in [2.05, 4.69) is 19.9 Å². The number of anilines is 1. The highest BCUT2D eigenvalue weighted by Gasteiger charge is 2.32. The molecule has 1 amide bonds. The van der Waals surface area contributed by atoms with Crippen LogP contribution in [-0.4, -0.2) is 55.3 Å². The van der Waals surface area contributed by atoms with Gasteiger partial charge in [-0.25, -0.2) is 9.78 Å². The molecule has 1 aliphatic rings. The number of nitrogens with zero attached hydrogens (tertiary/aromatic N) is 2. The number of benzene rings is 1. The third-order valence-corrected chi connectivity index (χ3v) is 5.24. The van der Waals surface area contributed by atoms with E-state index >= 15 is 0 Å². The van der Waals surface area contributed by atoms with Gasteiger partial charge >= 0.3 is 12.1 Å². The number of carbonyl (C=O) groups excluding carboxylic acids is 2. The van der Waals surface area contributed by atoms with Crippen molar-refractivity contribution in [3.05, 3.63) is 48.3 Å². The molecule has 1 aliphatic heterocycles. The third-order valence-electron chi connectivity index (χ3n) is 5.24. The molecule has 0 radical (unpaired) electrons. The monoisotopic (exact) mass is 481 g/mol. The molecule has 1 aromatic carbocycles.